The van der Waals surface area contributed by atoms with Gasteiger partial charge in [-0.05, 0) is 36.6 Å². The van der Waals surface area contributed by atoms with Gasteiger partial charge in [0, 0.05) is 25.4 Å². The average Bonchev–Trinajstić information content (AvgIpc) is 3.31. The van der Waals surface area contributed by atoms with E-state index in [1.807, 2.05) is 4.90 Å². The van der Waals surface area contributed by atoms with Crippen molar-refractivity contribution in [3.05, 3.63) is 29.8 Å². The van der Waals surface area contributed by atoms with E-state index in [9.17, 15) is 18.0 Å². The van der Waals surface area contributed by atoms with Gasteiger partial charge in [-0.25, -0.2) is 17.9 Å². The van der Waals surface area contributed by atoms with Gasteiger partial charge >= 0.3 is 5.97 Å². The molecule has 2 saturated heterocycles. The van der Waals surface area contributed by atoms with Crippen molar-refractivity contribution in [1.82, 2.24) is 14.9 Å². The zero-order valence-electron chi connectivity index (χ0n) is 14.1. The van der Waals surface area contributed by atoms with Gasteiger partial charge in [-0.15, -0.1) is 11.8 Å². The second-order valence-corrected chi connectivity index (χ2v) is 9.22. The molecule has 2 heterocycles. The number of rotatable bonds is 6. The molecular formula is C16H21N3O5S2. The van der Waals surface area contributed by atoms with Crippen LogP contribution in [0.25, 0.3) is 0 Å². The zero-order valence-corrected chi connectivity index (χ0v) is 15.7. The summed E-state index contributed by atoms with van der Waals surface area (Å²) in [7, 11) is -3.71. The van der Waals surface area contributed by atoms with Gasteiger partial charge in [0.15, 0.2) is 0 Å². The van der Waals surface area contributed by atoms with E-state index in [2.05, 4.69) is 10.0 Å². The largest absolute Gasteiger partial charge is 0.478 e. The highest BCUT2D eigenvalue weighted by atomic mass is 32.2. The summed E-state index contributed by atoms with van der Waals surface area (Å²) in [4.78, 5) is 25.1. The van der Waals surface area contributed by atoms with Crippen LogP contribution in [0.5, 0.6) is 0 Å². The Bertz CT molecular complexity index is 776. The first-order chi connectivity index (χ1) is 12.4. The number of hydrogen-bond acceptors (Lipinski definition) is 6. The minimum Gasteiger partial charge on any atom is -0.478 e. The maximum Gasteiger partial charge on any atom is 0.335 e. The van der Waals surface area contributed by atoms with E-state index in [0.29, 0.717) is 13.0 Å². The van der Waals surface area contributed by atoms with Gasteiger partial charge in [-0.3, -0.25) is 4.79 Å². The standard InChI is InChI=1S/C16H21N3O5S2/c20-15(19-5-6-25-10-19)14-7-11(8-17-14)9-18-26(23,24)13-3-1-12(2-4-13)16(21)22/h1-4,11,14,17-18H,5-10H2,(H,21,22). The zero-order chi connectivity index (χ0) is 18.7. The molecule has 2 fully saturated rings. The van der Waals surface area contributed by atoms with Crippen molar-refractivity contribution >= 4 is 33.7 Å². The molecule has 1 amide bonds. The van der Waals surface area contributed by atoms with Crippen LogP contribution in [0.2, 0.25) is 0 Å². The second kappa shape index (κ2) is 7.95. The van der Waals surface area contributed by atoms with Gasteiger partial charge < -0.3 is 15.3 Å². The molecular weight excluding hydrogens is 378 g/mol. The Hall–Kier alpha value is -1.62. The van der Waals surface area contributed by atoms with Crippen molar-refractivity contribution in [2.75, 3.05) is 31.3 Å². The predicted molar refractivity (Wildman–Crippen MR) is 97.5 cm³/mol. The van der Waals surface area contributed by atoms with Gasteiger partial charge in [0.25, 0.3) is 0 Å². The van der Waals surface area contributed by atoms with Gasteiger partial charge in [0.05, 0.1) is 22.4 Å². The van der Waals surface area contributed by atoms with E-state index in [4.69, 9.17) is 5.11 Å². The van der Waals surface area contributed by atoms with Crippen LogP contribution in [0.3, 0.4) is 0 Å². The number of carbonyl (C=O) groups excluding carboxylic acids is 1. The monoisotopic (exact) mass is 399 g/mol. The molecule has 142 valence electrons. The van der Waals surface area contributed by atoms with Crippen LogP contribution in [0.4, 0.5) is 0 Å². The van der Waals surface area contributed by atoms with Crippen molar-refractivity contribution < 1.29 is 23.1 Å². The van der Waals surface area contributed by atoms with Crippen molar-refractivity contribution in [2.24, 2.45) is 5.92 Å². The lowest BCUT2D eigenvalue weighted by molar-refractivity contribution is -0.131. The highest BCUT2D eigenvalue weighted by Crippen LogP contribution is 2.20. The lowest BCUT2D eigenvalue weighted by Gasteiger charge is -2.19. The molecule has 0 aromatic heterocycles. The number of sulfonamides is 1. The van der Waals surface area contributed by atoms with Crippen molar-refractivity contribution in [1.29, 1.82) is 0 Å². The summed E-state index contributed by atoms with van der Waals surface area (Å²) in [6.45, 7) is 1.58. The van der Waals surface area contributed by atoms with Crippen LogP contribution < -0.4 is 10.0 Å². The number of aromatic carboxylic acids is 1. The molecule has 2 aliphatic heterocycles. The van der Waals surface area contributed by atoms with Crippen LogP contribution in [0.15, 0.2) is 29.2 Å². The van der Waals surface area contributed by atoms with Crippen LogP contribution in [-0.4, -0.2) is 67.6 Å². The van der Waals surface area contributed by atoms with E-state index < -0.39 is 16.0 Å². The summed E-state index contributed by atoms with van der Waals surface area (Å²) in [6, 6.07) is 4.82. The maximum atomic E-state index is 12.4. The minimum atomic E-state index is -3.71. The van der Waals surface area contributed by atoms with Gasteiger partial charge in [0.2, 0.25) is 15.9 Å². The molecule has 26 heavy (non-hydrogen) atoms. The molecule has 2 unspecified atom stereocenters. The van der Waals surface area contributed by atoms with Crippen molar-refractivity contribution in [3.63, 3.8) is 0 Å². The third-order valence-corrected chi connectivity index (χ3v) is 6.96. The Labute approximate surface area is 156 Å². The molecule has 2 aliphatic rings. The number of nitrogens with one attached hydrogen (secondary N) is 2. The Balaban J connectivity index is 1.53. The summed E-state index contributed by atoms with van der Waals surface area (Å²) in [5.41, 5.74) is 0.0328. The summed E-state index contributed by atoms with van der Waals surface area (Å²) in [5.74, 6) is 0.700. The first-order valence-electron chi connectivity index (χ1n) is 8.30. The van der Waals surface area contributed by atoms with Gasteiger partial charge in [-0.2, -0.15) is 0 Å². The van der Waals surface area contributed by atoms with E-state index in [1.54, 1.807) is 11.8 Å². The SMILES string of the molecule is O=C(O)c1ccc(S(=O)(=O)NCC2CNC(C(=O)N3CCSC3)C2)cc1. The fourth-order valence-electron chi connectivity index (χ4n) is 3.05. The number of nitrogens with zero attached hydrogens (tertiary/aromatic N) is 1. The van der Waals surface area contributed by atoms with E-state index in [1.165, 1.54) is 24.3 Å². The molecule has 0 bridgehead atoms. The fourth-order valence-corrected chi connectivity index (χ4v) is 5.12. The summed E-state index contributed by atoms with van der Waals surface area (Å²) in [6.07, 6.45) is 0.598. The minimum absolute atomic E-state index is 0.0233. The first kappa shape index (κ1) is 19.2. The maximum absolute atomic E-state index is 12.4. The number of hydrogen-bond donors (Lipinski definition) is 3. The van der Waals surface area contributed by atoms with Crippen LogP contribution >= 0.6 is 11.8 Å². The molecule has 0 aliphatic carbocycles. The average molecular weight is 399 g/mol. The lowest BCUT2D eigenvalue weighted by Crippen LogP contribution is -2.42. The Morgan fingerprint density at radius 1 is 1.31 bits per heavy atom. The third-order valence-electron chi connectivity index (χ3n) is 4.56. The number of thioether (sulfide) groups is 1. The third kappa shape index (κ3) is 4.37. The Morgan fingerprint density at radius 3 is 2.65 bits per heavy atom. The van der Waals surface area contributed by atoms with Crippen LogP contribution in [0.1, 0.15) is 16.8 Å². The summed E-state index contributed by atoms with van der Waals surface area (Å²) in [5, 5.41) is 12.0. The number of carboxylic acids is 1. The normalized spacial score (nSPS) is 23.3. The highest BCUT2D eigenvalue weighted by Gasteiger charge is 2.33. The highest BCUT2D eigenvalue weighted by molar-refractivity contribution is 7.99. The Kier molecular flexibility index (Phi) is 5.86. The second-order valence-electron chi connectivity index (χ2n) is 6.38. The topological polar surface area (TPSA) is 116 Å². The quantitative estimate of drug-likeness (QED) is 0.625. The van der Waals surface area contributed by atoms with E-state index >= 15 is 0 Å². The molecule has 2 atom stereocenters. The molecule has 0 radical (unpaired) electrons. The van der Waals surface area contributed by atoms with Crippen LogP contribution in [-0.2, 0) is 14.8 Å². The smallest absolute Gasteiger partial charge is 0.335 e. The summed E-state index contributed by atoms with van der Waals surface area (Å²) < 4.78 is 27.2. The number of benzene rings is 1. The molecule has 0 saturated carbocycles. The number of carboxylic acid groups (broad SMARTS) is 1. The van der Waals surface area contributed by atoms with E-state index in [0.717, 1.165) is 18.2 Å². The molecule has 1 aromatic carbocycles. The van der Waals surface area contributed by atoms with Gasteiger partial charge in [-0.1, -0.05) is 0 Å². The Morgan fingerprint density at radius 2 is 2.04 bits per heavy atom. The molecule has 10 heteroatoms. The van der Waals surface area contributed by atoms with Crippen LogP contribution in [0, 0.1) is 5.92 Å². The lowest BCUT2D eigenvalue weighted by atomic mass is 10.1. The summed E-state index contributed by atoms with van der Waals surface area (Å²) >= 11 is 1.73. The van der Waals surface area contributed by atoms with Crippen molar-refractivity contribution in [3.8, 4) is 0 Å². The van der Waals surface area contributed by atoms with Crippen molar-refractivity contribution in [2.45, 2.75) is 17.4 Å². The number of carbonyl (C=O) groups is 2. The van der Waals surface area contributed by atoms with E-state index in [-0.39, 0.29) is 34.9 Å². The fraction of sp³-hybridized carbons (Fsp3) is 0.500. The molecule has 3 N–H and O–H groups in total. The predicted octanol–water partition coefficient (Wildman–Crippen LogP) is 0.174. The number of amides is 1. The van der Waals surface area contributed by atoms with Gasteiger partial charge in [0.1, 0.15) is 0 Å². The molecule has 1 aromatic rings. The molecule has 3 rings (SSSR count). The first-order valence-corrected chi connectivity index (χ1v) is 10.9. The molecule has 8 nitrogen and oxygen atoms in total. The molecule has 0 spiro atoms.